The smallest absolute Gasteiger partial charge is 0.111 e. The number of nitrogens with zero attached hydrogens (tertiary/aromatic N) is 1. The van der Waals surface area contributed by atoms with Crippen LogP contribution in [0.3, 0.4) is 0 Å². The van der Waals surface area contributed by atoms with Crippen LogP contribution in [0.2, 0.25) is 0 Å². The molecule has 0 amide bonds. The first-order valence-electron chi connectivity index (χ1n) is 8.82. The fourth-order valence-electron chi connectivity index (χ4n) is 5.28. The van der Waals surface area contributed by atoms with Crippen LogP contribution in [-0.4, -0.2) is 30.9 Å². The van der Waals surface area contributed by atoms with Crippen LogP contribution in [0, 0.1) is 17.3 Å². The summed E-state index contributed by atoms with van der Waals surface area (Å²) < 4.78 is 6.45. The highest BCUT2D eigenvalue weighted by Gasteiger charge is 2.56. The maximum absolute atomic E-state index is 6.45. The van der Waals surface area contributed by atoms with Crippen molar-refractivity contribution in [1.29, 1.82) is 0 Å². The zero-order valence-electron chi connectivity index (χ0n) is 13.8. The lowest BCUT2D eigenvalue weighted by atomic mass is 9.60. The summed E-state index contributed by atoms with van der Waals surface area (Å²) in [5.41, 5.74) is 7.98. The van der Waals surface area contributed by atoms with Gasteiger partial charge in [0.05, 0.1) is 24.8 Å². The van der Waals surface area contributed by atoms with Gasteiger partial charge in [0.25, 0.3) is 0 Å². The molecular formula is C18H28N2O2. The minimum Gasteiger partial charge on any atom is -0.493 e. The Morgan fingerprint density at radius 2 is 2.32 bits per heavy atom. The lowest BCUT2D eigenvalue weighted by Crippen LogP contribution is -2.41. The van der Waals surface area contributed by atoms with Gasteiger partial charge >= 0.3 is 0 Å². The van der Waals surface area contributed by atoms with Gasteiger partial charge in [-0.25, -0.2) is 0 Å². The average Bonchev–Trinajstić information content (AvgIpc) is 2.74. The van der Waals surface area contributed by atoms with Gasteiger partial charge in [-0.15, -0.1) is 0 Å². The molecule has 0 aromatic heterocycles. The molecule has 1 fully saturated rings. The number of rotatable bonds is 2. The van der Waals surface area contributed by atoms with Crippen molar-refractivity contribution in [3.05, 3.63) is 23.6 Å². The zero-order chi connectivity index (χ0) is 15.3. The lowest BCUT2D eigenvalue weighted by Gasteiger charge is -2.42. The standard InChI is InChI=1S/C18H28N2O2/c1-3-12-4-5-16-18(10-12)6-7-20(21-2)11-13-8-14(19)9-15(22-16)17(13)18/h6-7,12-14,16H,3-5,8-11,19H2,1-2H3/t12?,13-,14+,16-,18?/m1/s1. The third-order valence-corrected chi connectivity index (χ3v) is 6.32. The minimum atomic E-state index is 0.104. The summed E-state index contributed by atoms with van der Waals surface area (Å²) in [6, 6.07) is 0.222. The van der Waals surface area contributed by atoms with Gasteiger partial charge in [0.15, 0.2) is 0 Å². The Balaban J connectivity index is 1.79. The van der Waals surface area contributed by atoms with E-state index in [9.17, 15) is 0 Å². The molecule has 0 aromatic rings. The quantitative estimate of drug-likeness (QED) is 0.852. The Kier molecular flexibility index (Phi) is 3.50. The number of nitrogens with two attached hydrogens (primary N) is 1. The number of hydroxylamine groups is 2. The van der Waals surface area contributed by atoms with E-state index in [1.54, 1.807) is 12.7 Å². The van der Waals surface area contributed by atoms with Crippen LogP contribution in [0.15, 0.2) is 23.6 Å². The van der Waals surface area contributed by atoms with E-state index in [1.807, 2.05) is 5.06 Å². The van der Waals surface area contributed by atoms with Crippen molar-refractivity contribution in [2.75, 3.05) is 13.7 Å². The van der Waals surface area contributed by atoms with Gasteiger partial charge in [-0.05, 0) is 37.2 Å². The topological polar surface area (TPSA) is 47.7 Å². The highest BCUT2D eigenvalue weighted by Crippen LogP contribution is 2.59. The molecule has 4 nitrogen and oxygen atoms in total. The number of hydrogen-bond donors (Lipinski definition) is 1. The lowest BCUT2D eigenvalue weighted by molar-refractivity contribution is -0.0947. The van der Waals surface area contributed by atoms with Gasteiger partial charge in [-0.1, -0.05) is 19.4 Å². The van der Waals surface area contributed by atoms with E-state index in [-0.39, 0.29) is 11.5 Å². The molecule has 1 saturated carbocycles. The summed E-state index contributed by atoms with van der Waals surface area (Å²) in [4.78, 5) is 5.53. The van der Waals surface area contributed by atoms with Gasteiger partial charge in [0, 0.05) is 24.6 Å². The fraction of sp³-hybridized carbons (Fsp3) is 0.778. The van der Waals surface area contributed by atoms with Crippen LogP contribution in [0.25, 0.3) is 0 Å². The number of ether oxygens (including phenoxy) is 1. The average molecular weight is 304 g/mol. The van der Waals surface area contributed by atoms with Crippen molar-refractivity contribution in [2.24, 2.45) is 23.0 Å². The first-order chi connectivity index (χ1) is 10.7. The summed E-state index contributed by atoms with van der Waals surface area (Å²) in [5.74, 6) is 2.49. The molecule has 2 aliphatic heterocycles. The van der Waals surface area contributed by atoms with E-state index < -0.39 is 0 Å². The van der Waals surface area contributed by atoms with E-state index in [0.717, 1.165) is 25.3 Å². The highest BCUT2D eigenvalue weighted by atomic mass is 16.7. The van der Waals surface area contributed by atoms with E-state index in [1.165, 1.54) is 31.4 Å². The summed E-state index contributed by atoms with van der Waals surface area (Å²) in [6.45, 7) is 3.22. The van der Waals surface area contributed by atoms with Crippen molar-refractivity contribution in [3.8, 4) is 0 Å². The monoisotopic (exact) mass is 304 g/mol. The molecule has 0 radical (unpaired) electrons. The SMILES string of the molecule is CCC1CC[C@H]2OC3=C4[C@H](C[C@H](N)C3)CN(OC)C=CC42C1. The second-order valence-electron chi connectivity index (χ2n) is 7.53. The van der Waals surface area contributed by atoms with Gasteiger partial charge < -0.3 is 10.5 Å². The van der Waals surface area contributed by atoms with E-state index in [0.29, 0.717) is 12.0 Å². The van der Waals surface area contributed by atoms with E-state index >= 15 is 0 Å². The molecule has 0 bridgehead atoms. The van der Waals surface area contributed by atoms with E-state index in [2.05, 4.69) is 19.2 Å². The molecule has 0 saturated heterocycles. The molecule has 4 heteroatoms. The third-order valence-electron chi connectivity index (χ3n) is 6.32. The van der Waals surface area contributed by atoms with Crippen LogP contribution >= 0.6 is 0 Å². The second-order valence-corrected chi connectivity index (χ2v) is 7.53. The second kappa shape index (κ2) is 5.27. The van der Waals surface area contributed by atoms with Gasteiger partial charge in [0.2, 0.25) is 0 Å². The molecule has 4 aliphatic rings. The molecule has 1 spiro atoms. The van der Waals surface area contributed by atoms with Crippen LogP contribution in [-0.2, 0) is 9.57 Å². The Hall–Kier alpha value is -1.00. The first kappa shape index (κ1) is 14.6. The summed E-state index contributed by atoms with van der Waals surface area (Å²) >= 11 is 0. The predicted molar refractivity (Wildman–Crippen MR) is 85.5 cm³/mol. The molecule has 2 heterocycles. The Morgan fingerprint density at radius 1 is 1.45 bits per heavy atom. The summed E-state index contributed by atoms with van der Waals surface area (Å²) in [5, 5.41) is 1.98. The van der Waals surface area contributed by atoms with Crippen molar-refractivity contribution >= 4 is 0 Å². The molecule has 22 heavy (non-hydrogen) atoms. The molecule has 122 valence electrons. The molecule has 4 rings (SSSR count). The fourth-order valence-corrected chi connectivity index (χ4v) is 5.28. The summed E-state index contributed by atoms with van der Waals surface area (Å²) in [7, 11) is 1.75. The van der Waals surface area contributed by atoms with Gasteiger partial charge in [-0.3, -0.25) is 9.90 Å². The van der Waals surface area contributed by atoms with Gasteiger partial charge in [-0.2, -0.15) is 0 Å². The first-order valence-corrected chi connectivity index (χ1v) is 8.82. The third kappa shape index (κ3) is 2.04. The molecular weight excluding hydrogens is 276 g/mol. The zero-order valence-corrected chi connectivity index (χ0v) is 13.8. The summed E-state index contributed by atoms with van der Waals surface area (Å²) in [6.07, 6.45) is 11.8. The van der Waals surface area contributed by atoms with Crippen molar-refractivity contribution in [3.63, 3.8) is 0 Å². The minimum absolute atomic E-state index is 0.104. The molecule has 0 aromatic carbocycles. The Morgan fingerprint density at radius 3 is 3.09 bits per heavy atom. The van der Waals surface area contributed by atoms with Crippen LogP contribution in [0.5, 0.6) is 0 Å². The molecule has 2 unspecified atom stereocenters. The van der Waals surface area contributed by atoms with Gasteiger partial charge in [0.1, 0.15) is 6.10 Å². The Bertz CT molecular complexity index is 515. The molecule has 2 N–H and O–H groups in total. The maximum Gasteiger partial charge on any atom is 0.111 e. The predicted octanol–water partition coefficient (Wildman–Crippen LogP) is 2.96. The molecule has 2 aliphatic carbocycles. The molecule has 5 atom stereocenters. The van der Waals surface area contributed by atoms with Crippen LogP contribution < -0.4 is 5.73 Å². The highest BCUT2D eigenvalue weighted by molar-refractivity contribution is 5.38. The Labute approximate surface area is 133 Å². The van der Waals surface area contributed by atoms with Crippen molar-refractivity contribution < 1.29 is 9.57 Å². The van der Waals surface area contributed by atoms with E-state index in [4.69, 9.17) is 15.3 Å². The largest absolute Gasteiger partial charge is 0.493 e. The normalized spacial score (nSPS) is 43.5. The van der Waals surface area contributed by atoms with Crippen molar-refractivity contribution in [1.82, 2.24) is 5.06 Å². The van der Waals surface area contributed by atoms with Crippen LogP contribution in [0.4, 0.5) is 0 Å². The number of hydrogen-bond acceptors (Lipinski definition) is 4. The van der Waals surface area contributed by atoms with Crippen LogP contribution in [0.1, 0.15) is 45.4 Å². The van der Waals surface area contributed by atoms with Crippen molar-refractivity contribution in [2.45, 2.75) is 57.6 Å². The maximum atomic E-state index is 6.45.